The number of ether oxygens (including phenoxy) is 4. The fourth-order valence-corrected chi connectivity index (χ4v) is 6.76. The van der Waals surface area contributed by atoms with Crippen molar-refractivity contribution in [1.82, 2.24) is 0 Å². The molecule has 0 aromatic heterocycles. The summed E-state index contributed by atoms with van der Waals surface area (Å²) in [6.07, 6.45) is 83.9. The summed E-state index contributed by atoms with van der Waals surface area (Å²) >= 11 is 0. The molecule has 2 atom stereocenters. The Morgan fingerprint density at radius 3 is 1.04 bits per heavy atom. The third kappa shape index (κ3) is 57.9. The first kappa shape index (κ1) is 71.4. The van der Waals surface area contributed by atoms with Crippen LogP contribution in [-0.4, -0.2) is 82.3 Å². The van der Waals surface area contributed by atoms with E-state index in [1.54, 1.807) is 0 Å². The maximum absolute atomic E-state index is 12.8. The number of carboxylic acid groups (broad SMARTS) is 1. The number of unbranched alkanes of at least 4 members (excludes halogenated alkanes) is 5. The van der Waals surface area contributed by atoms with E-state index in [-0.39, 0.29) is 32.7 Å². The van der Waals surface area contributed by atoms with E-state index in [0.717, 1.165) is 128 Å². The number of carbonyl (C=O) groups excluding carboxylic acids is 3. The predicted molar refractivity (Wildman–Crippen MR) is 324 cm³/mol. The molecule has 9 nitrogen and oxygen atoms in total. The quantitative estimate of drug-likeness (QED) is 0.0195. The summed E-state index contributed by atoms with van der Waals surface area (Å²) in [6, 6.07) is 0. The topological polar surface area (TPSA) is 111 Å². The zero-order valence-electron chi connectivity index (χ0n) is 48.5. The predicted octanol–water partition coefficient (Wildman–Crippen LogP) is 16.0. The Labute approximate surface area is 469 Å². The highest BCUT2D eigenvalue weighted by atomic mass is 16.7. The van der Waals surface area contributed by atoms with Crippen LogP contribution in [0.4, 0.5) is 0 Å². The van der Waals surface area contributed by atoms with Gasteiger partial charge in [0, 0.05) is 12.8 Å². The van der Waals surface area contributed by atoms with E-state index in [2.05, 4.69) is 196 Å². The van der Waals surface area contributed by atoms with Crippen LogP contribution in [0.3, 0.4) is 0 Å². The van der Waals surface area contributed by atoms with Crippen molar-refractivity contribution in [2.24, 2.45) is 0 Å². The van der Waals surface area contributed by atoms with E-state index in [4.69, 9.17) is 18.9 Å². The molecule has 9 heteroatoms. The Morgan fingerprint density at radius 1 is 0.390 bits per heavy atom. The van der Waals surface area contributed by atoms with Crippen molar-refractivity contribution in [3.05, 3.63) is 182 Å². The van der Waals surface area contributed by atoms with Crippen LogP contribution in [0.1, 0.15) is 168 Å². The van der Waals surface area contributed by atoms with Gasteiger partial charge in [0.1, 0.15) is 13.2 Å². The molecule has 0 saturated heterocycles. The standard InChI is InChI=1S/C68H103NO8/c1-6-8-10-12-14-16-18-20-22-23-24-25-26-27-28-29-30-31-32-33-34-35-36-37-38-39-40-41-42-43-45-47-49-51-53-55-57-59-66(71)77-64(63-76-68(67(72)73)74-61-60-69(3,4)5)62-75-65(70)58-56-54-52-50-48-46-44-21-19-17-15-13-11-9-7-2/h8-11,14-17,20-22,24-25,27-28,30-31,33-34,36-37,39-40,42-44,47-50,64,68H,6-7,12-13,18-19,23,26,29,32,35,38,41,45-46,51-63H2,1-5H3/b10-8-,11-9-,16-14-,17-15-,22-20-,25-24-,28-27-,31-30-,34-33-,37-36-,40-39-,43-42-,44-21-,49-47-,50-48-. The first-order chi connectivity index (χ1) is 37.6. The first-order valence-electron chi connectivity index (χ1n) is 28.9. The highest BCUT2D eigenvalue weighted by Crippen LogP contribution is 2.11. The number of allylic oxidation sites excluding steroid dienone is 30. The highest BCUT2D eigenvalue weighted by Gasteiger charge is 2.21. The Hall–Kier alpha value is -5.61. The molecule has 0 aromatic rings. The average Bonchev–Trinajstić information content (AvgIpc) is 3.40. The molecule has 0 aromatic carbocycles. The molecule has 0 N–H and O–H groups in total. The summed E-state index contributed by atoms with van der Waals surface area (Å²) in [5.74, 6) is -2.42. The monoisotopic (exact) mass is 1060 g/mol. The van der Waals surface area contributed by atoms with Crippen LogP contribution in [0, 0.1) is 0 Å². The lowest BCUT2D eigenvalue weighted by Gasteiger charge is -2.26. The second-order valence-electron chi connectivity index (χ2n) is 19.5. The van der Waals surface area contributed by atoms with Gasteiger partial charge in [-0.05, 0) is 135 Å². The minimum Gasteiger partial charge on any atom is -0.545 e. The van der Waals surface area contributed by atoms with Crippen LogP contribution < -0.4 is 5.11 Å². The number of hydrogen-bond donors (Lipinski definition) is 0. The van der Waals surface area contributed by atoms with Gasteiger partial charge in [-0.2, -0.15) is 0 Å². The maximum Gasteiger partial charge on any atom is 0.306 e. The largest absolute Gasteiger partial charge is 0.545 e. The molecule has 0 aliphatic heterocycles. The van der Waals surface area contributed by atoms with Crippen LogP contribution in [0.15, 0.2) is 182 Å². The summed E-state index contributed by atoms with van der Waals surface area (Å²) in [5, 5.41) is 11.8. The van der Waals surface area contributed by atoms with Gasteiger partial charge in [0.25, 0.3) is 0 Å². The number of hydrogen-bond acceptors (Lipinski definition) is 8. The van der Waals surface area contributed by atoms with E-state index in [9.17, 15) is 19.5 Å². The van der Waals surface area contributed by atoms with Gasteiger partial charge in [-0.15, -0.1) is 0 Å². The molecule has 0 fully saturated rings. The van der Waals surface area contributed by atoms with Crippen LogP contribution in [-0.2, 0) is 33.3 Å². The summed E-state index contributed by atoms with van der Waals surface area (Å²) in [6.45, 7) is 4.38. The lowest BCUT2D eigenvalue weighted by molar-refractivity contribution is -0.870. The van der Waals surface area contributed by atoms with E-state index in [1.807, 2.05) is 21.1 Å². The van der Waals surface area contributed by atoms with Gasteiger partial charge in [-0.25, -0.2) is 0 Å². The lowest BCUT2D eigenvalue weighted by Crippen LogP contribution is -2.44. The van der Waals surface area contributed by atoms with Crippen molar-refractivity contribution in [1.29, 1.82) is 0 Å². The minimum atomic E-state index is -1.65. The molecule has 0 heterocycles. The van der Waals surface area contributed by atoms with Gasteiger partial charge < -0.3 is 33.3 Å². The molecule has 0 spiro atoms. The number of rotatable bonds is 50. The van der Waals surface area contributed by atoms with Gasteiger partial charge >= 0.3 is 11.9 Å². The summed E-state index contributed by atoms with van der Waals surface area (Å²) < 4.78 is 22.5. The molecule has 0 aliphatic rings. The summed E-state index contributed by atoms with van der Waals surface area (Å²) in [5.41, 5.74) is 0. The number of aliphatic carboxylic acids is 1. The van der Waals surface area contributed by atoms with Gasteiger partial charge in [0.15, 0.2) is 12.4 Å². The minimum absolute atomic E-state index is 0.123. The molecule has 0 radical (unpaired) electrons. The molecule has 0 amide bonds. The van der Waals surface area contributed by atoms with E-state index >= 15 is 0 Å². The Bertz CT molecular complexity index is 1910. The van der Waals surface area contributed by atoms with Gasteiger partial charge in [-0.1, -0.05) is 203 Å². The second kappa shape index (κ2) is 56.6. The number of likely N-dealkylation sites (N-methyl/N-ethyl adjacent to an activating group) is 1. The van der Waals surface area contributed by atoms with Crippen molar-refractivity contribution >= 4 is 17.9 Å². The SMILES string of the molecule is CC/C=C\C/C=C\C/C=C\C/C=C\C/C=C\C/C=C\C/C=C\C/C=C\C/C=C\C/C=C\C/C=C\CCCCCC(=O)OC(COC(=O)CCCC/C=C\C/C=C\C/C=C\C/C=C\CC)COC(OCC[N+](C)(C)C)C(=O)[O-]. The molecule has 77 heavy (non-hydrogen) atoms. The molecule has 0 aliphatic carbocycles. The molecule has 0 saturated carbocycles. The van der Waals surface area contributed by atoms with Gasteiger partial charge in [-0.3, -0.25) is 9.59 Å². The molecule has 2 unspecified atom stereocenters. The molecule has 0 rings (SSSR count). The van der Waals surface area contributed by atoms with Crippen molar-refractivity contribution < 1.29 is 42.9 Å². The van der Waals surface area contributed by atoms with Crippen LogP contribution in [0.2, 0.25) is 0 Å². The first-order valence-corrected chi connectivity index (χ1v) is 28.9. The fourth-order valence-electron chi connectivity index (χ4n) is 6.76. The second-order valence-corrected chi connectivity index (χ2v) is 19.5. The highest BCUT2D eigenvalue weighted by molar-refractivity contribution is 5.70. The molecular weight excluding hydrogens is 959 g/mol. The average molecular weight is 1060 g/mol. The van der Waals surface area contributed by atoms with Crippen LogP contribution >= 0.6 is 0 Å². The lowest BCUT2D eigenvalue weighted by atomic mass is 10.1. The summed E-state index contributed by atoms with van der Waals surface area (Å²) in [4.78, 5) is 37.2. The Kier molecular flexibility index (Phi) is 52.5. The molecule has 428 valence electrons. The number of carbonyl (C=O) groups is 3. The normalized spacial score (nSPS) is 14.1. The zero-order valence-corrected chi connectivity index (χ0v) is 48.5. The van der Waals surface area contributed by atoms with E-state index in [0.29, 0.717) is 23.9 Å². The summed E-state index contributed by atoms with van der Waals surface area (Å²) in [7, 11) is 5.87. The third-order valence-corrected chi connectivity index (χ3v) is 11.1. The van der Waals surface area contributed by atoms with Crippen LogP contribution in [0.5, 0.6) is 0 Å². The Morgan fingerprint density at radius 2 is 0.701 bits per heavy atom. The zero-order chi connectivity index (χ0) is 56.2. The fraction of sp³-hybridized carbons (Fsp3) is 0.515. The van der Waals surface area contributed by atoms with E-state index < -0.39 is 30.3 Å². The number of nitrogens with zero attached hydrogens (tertiary/aromatic N) is 1. The van der Waals surface area contributed by atoms with Crippen molar-refractivity contribution in [2.75, 3.05) is 47.5 Å². The molecular formula is C68H103NO8. The Balaban J connectivity index is 4.36. The van der Waals surface area contributed by atoms with Gasteiger partial charge in [0.2, 0.25) is 0 Å². The van der Waals surface area contributed by atoms with Crippen molar-refractivity contribution in [3.63, 3.8) is 0 Å². The van der Waals surface area contributed by atoms with Gasteiger partial charge in [0.05, 0.1) is 40.3 Å². The molecule has 0 bridgehead atoms. The smallest absolute Gasteiger partial charge is 0.306 e. The van der Waals surface area contributed by atoms with E-state index in [1.165, 1.54) is 0 Å². The number of esters is 2. The van der Waals surface area contributed by atoms with Crippen molar-refractivity contribution in [3.8, 4) is 0 Å². The number of carboxylic acids is 1. The van der Waals surface area contributed by atoms with Crippen LogP contribution in [0.25, 0.3) is 0 Å². The number of quaternary nitrogens is 1. The van der Waals surface area contributed by atoms with Crippen molar-refractivity contribution in [2.45, 2.75) is 180 Å². The maximum atomic E-state index is 12.8. The third-order valence-electron chi connectivity index (χ3n) is 11.1.